The molecule has 12 heteroatoms. The third kappa shape index (κ3) is 5.28. The first kappa shape index (κ1) is 25.9. The van der Waals surface area contributed by atoms with E-state index in [1.807, 2.05) is 5.10 Å². The molecule has 0 amide bonds. The van der Waals surface area contributed by atoms with Crippen LogP contribution in [-0.2, 0) is 12.7 Å². The van der Waals surface area contributed by atoms with Crippen LogP contribution in [0.5, 0.6) is 0 Å². The fourth-order valence-corrected chi connectivity index (χ4v) is 5.17. The van der Waals surface area contributed by atoms with Crippen molar-refractivity contribution in [3.8, 4) is 11.3 Å². The van der Waals surface area contributed by atoms with Crippen LogP contribution in [0.1, 0.15) is 31.2 Å². The van der Waals surface area contributed by atoms with E-state index in [1.165, 1.54) is 16.8 Å². The average molecular weight is 548 g/mol. The van der Waals surface area contributed by atoms with E-state index in [4.69, 9.17) is 11.6 Å². The Labute approximate surface area is 218 Å². The molecule has 1 aromatic carbocycles. The Morgan fingerprint density at radius 3 is 2.68 bits per heavy atom. The van der Waals surface area contributed by atoms with Crippen LogP contribution < -0.4 is 16.4 Å². The van der Waals surface area contributed by atoms with Crippen molar-refractivity contribution >= 4 is 28.1 Å². The van der Waals surface area contributed by atoms with Gasteiger partial charge in [0.15, 0.2) is 0 Å². The first-order chi connectivity index (χ1) is 18.1. The van der Waals surface area contributed by atoms with E-state index in [9.17, 15) is 27.2 Å². The molecule has 0 bridgehead atoms. The minimum Gasteiger partial charge on any atom is -0.380 e. The lowest BCUT2D eigenvalue weighted by molar-refractivity contribution is -0.138. The maximum atomic E-state index is 14.9. The van der Waals surface area contributed by atoms with Gasteiger partial charge in [0.2, 0.25) is 0 Å². The smallest absolute Gasteiger partial charge is 0.380 e. The molecular weight excluding hydrogens is 526 g/mol. The highest BCUT2D eigenvalue weighted by Crippen LogP contribution is 2.34. The van der Waals surface area contributed by atoms with Crippen LogP contribution in [0.15, 0.2) is 58.5 Å². The van der Waals surface area contributed by atoms with E-state index >= 15 is 0 Å². The van der Waals surface area contributed by atoms with E-state index in [0.717, 1.165) is 19.0 Å². The second kappa shape index (κ2) is 10.2. The summed E-state index contributed by atoms with van der Waals surface area (Å²) in [5.41, 5.74) is -2.69. The van der Waals surface area contributed by atoms with Crippen LogP contribution in [-0.4, -0.2) is 25.8 Å². The van der Waals surface area contributed by atoms with Gasteiger partial charge in [0.25, 0.3) is 11.1 Å². The van der Waals surface area contributed by atoms with Crippen molar-refractivity contribution in [1.29, 1.82) is 0 Å². The zero-order valence-corrected chi connectivity index (χ0v) is 20.6. The third-order valence-electron chi connectivity index (χ3n) is 6.80. The number of pyridine rings is 2. The van der Waals surface area contributed by atoms with E-state index in [1.54, 1.807) is 30.5 Å². The molecule has 3 heterocycles. The number of benzene rings is 1. The average Bonchev–Trinajstić information content (AvgIpc) is 2.86. The molecule has 38 heavy (non-hydrogen) atoms. The number of anilines is 1. The Balaban J connectivity index is 1.36. The second-order valence-corrected chi connectivity index (χ2v) is 9.85. The minimum absolute atomic E-state index is 0.0110. The summed E-state index contributed by atoms with van der Waals surface area (Å²) >= 11 is 5.87. The number of aromatic nitrogens is 4. The zero-order chi connectivity index (χ0) is 27.0. The predicted octanol–water partition coefficient (Wildman–Crippen LogP) is 5.63. The van der Waals surface area contributed by atoms with Crippen LogP contribution in [0.2, 0.25) is 5.02 Å². The number of rotatable bonds is 5. The van der Waals surface area contributed by atoms with Crippen molar-refractivity contribution in [1.82, 2.24) is 19.7 Å². The van der Waals surface area contributed by atoms with Gasteiger partial charge in [0, 0.05) is 30.5 Å². The summed E-state index contributed by atoms with van der Waals surface area (Å²) < 4.78 is 56.7. The Kier molecular flexibility index (Phi) is 6.95. The fourth-order valence-electron chi connectivity index (χ4n) is 5.06. The largest absolute Gasteiger partial charge is 0.423 e. The number of fused-ring (bicyclic) bond motifs is 1. The summed E-state index contributed by atoms with van der Waals surface area (Å²) in [5.74, 6) is -0.598. The molecule has 0 spiro atoms. The van der Waals surface area contributed by atoms with Gasteiger partial charge in [-0.2, -0.15) is 18.3 Å². The van der Waals surface area contributed by atoms with E-state index in [2.05, 4.69) is 15.4 Å². The van der Waals surface area contributed by atoms with E-state index < -0.39 is 23.1 Å². The van der Waals surface area contributed by atoms with Crippen molar-refractivity contribution in [3.63, 3.8) is 0 Å². The highest BCUT2D eigenvalue weighted by molar-refractivity contribution is 6.30. The van der Waals surface area contributed by atoms with Crippen LogP contribution in [0.3, 0.4) is 0 Å². The van der Waals surface area contributed by atoms with Crippen molar-refractivity contribution < 1.29 is 17.6 Å². The molecule has 7 nitrogen and oxygen atoms in total. The highest BCUT2D eigenvalue weighted by atomic mass is 35.5. The monoisotopic (exact) mass is 547 g/mol. The summed E-state index contributed by atoms with van der Waals surface area (Å²) in [6.45, 7) is 0.328. The summed E-state index contributed by atoms with van der Waals surface area (Å²) in [4.78, 5) is 29.1. The Hall–Kier alpha value is -3.73. The van der Waals surface area contributed by atoms with Gasteiger partial charge in [-0.3, -0.25) is 14.6 Å². The zero-order valence-electron chi connectivity index (χ0n) is 19.9. The molecule has 0 aliphatic heterocycles. The molecule has 0 unspecified atom stereocenters. The number of nitrogens with one attached hydrogen (secondary N) is 2. The summed E-state index contributed by atoms with van der Waals surface area (Å²) in [6.07, 6.45) is 1.80. The number of halogens is 5. The molecule has 3 aromatic heterocycles. The number of H-pyrrole nitrogens is 1. The summed E-state index contributed by atoms with van der Waals surface area (Å²) in [7, 11) is 0. The Bertz CT molecular complexity index is 1600. The first-order valence-corrected chi connectivity index (χ1v) is 12.3. The number of hydrogen-bond donors (Lipinski definition) is 2. The molecule has 2 atom stereocenters. The van der Waals surface area contributed by atoms with Gasteiger partial charge in [0.05, 0.1) is 28.0 Å². The van der Waals surface area contributed by atoms with E-state index in [0.29, 0.717) is 35.5 Å². The van der Waals surface area contributed by atoms with Crippen molar-refractivity contribution in [2.45, 2.75) is 44.4 Å². The molecule has 2 N–H and O–H groups in total. The highest BCUT2D eigenvalue weighted by Gasteiger charge is 2.38. The lowest BCUT2D eigenvalue weighted by atomic mass is 9.85. The predicted molar refractivity (Wildman–Crippen MR) is 136 cm³/mol. The van der Waals surface area contributed by atoms with Crippen LogP contribution in [0.4, 0.5) is 23.2 Å². The minimum atomic E-state index is -4.83. The molecule has 0 saturated heterocycles. The normalized spacial score (nSPS) is 18.0. The van der Waals surface area contributed by atoms with Gasteiger partial charge in [0.1, 0.15) is 11.4 Å². The SMILES string of the molecule is O=c1[nH]ncc(N[C@H]2CCC[C@@H](Cn3ccc4cc(-c5ccc(Cl)cn5)c(F)cc4c3=O)C2)c1C(F)(F)F. The van der Waals surface area contributed by atoms with Crippen LogP contribution in [0, 0.1) is 11.7 Å². The molecule has 198 valence electrons. The van der Waals surface area contributed by atoms with Crippen LogP contribution >= 0.6 is 11.6 Å². The van der Waals surface area contributed by atoms with Crippen molar-refractivity contribution in [3.05, 3.63) is 86.0 Å². The lowest BCUT2D eigenvalue weighted by Crippen LogP contribution is -2.33. The first-order valence-electron chi connectivity index (χ1n) is 12.0. The van der Waals surface area contributed by atoms with Gasteiger partial charge in [-0.15, -0.1) is 0 Å². The maximum absolute atomic E-state index is 14.9. The van der Waals surface area contributed by atoms with Crippen LogP contribution in [0.25, 0.3) is 22.0 Å². The molecule has 1 saturated carbocycles. The second-order valence-electron chi connectivity index (χ2n) is 9.41. The molecule has 4 aromatic rings. The summed E-state index contributed by atoms with van der Waals surface area (Å²) in [6, 6.07) is 7.37. The van der Waals surface area contributed by atoms with Gasteiger partial charge in [-0.05, 0) is 60.9 Å². The molecule has 0 radical (unpaired) electrons. The topological polar surface area (TPSA) is 92.7 Å². The van der Waals surface area contributed by atoms with Gasteiger partial charge < -0.3 is 9.88 Å². The summed E-state index contributed by atoms with van der Waals surface area (Å²) in [5, 5.41) is 9.37. The number of alkyl halides is 3. The molecular formula is C26H22ClF4N5O2. The number of nitrogens with zero attached hydrogens (tertiary/aromatic N) is 3. The third-order valence-corrected chi connectivity index (χ3v) is 7.03. The number of hydrogen-bond acceptors (Lipinski definition) is 5. The Morgan fingerprint density at radius 1 is 1.13 bits per heavy atom. The van der Waals surface area contributed by atoms with Gasteiger partial charge in [-0.25, -0.2) is 9.49 Å². The molecule has 1 aliphatic rings. The van der Waals surface area contributed by atoms with E-state index in [-0.39, 0.29) is 34.2 Å². The quantitative estimate of drug-likeness (QED) is 0.316. The standard InChI is InChI=1S/C26H22ClF4N5O2/c27-16-4-5-21(32-11-16)19-9-15-6-7-36(25(38)18(15)10-20(19)28)13-14-2-1-3-17(8-14)34-22-12-33-35-24(37)23(22)26(29,30)31/h4-7,9-12,14,17H,1-3,8,13H2,(H2,34,35,37)/t14-,17+/m1/s1. The van der Waals surface area contributed by atoms with Gasteiger partial charge >= 0.3 is 6.18 Å². The molecule has 5 rings (SSSR count). The van der Waals surface area contributed by atoms with Crippen molar-refractivity contribution in [2.75, 3.05) is 5.32 Å². The maximum Gasteiger partial charge on any atom is 0.423 e. The Morgan fingerprint density at radius 2 is 1.95 bits per heavy atom. The lowest BCUT2D eigenvalue weighted by Gasteiger charge is -2.31. The number of aromatic amines is 1. The van der Waals surface area contributed by atoms with Gasteiger partial charge in [-0.1, -0.05) is 18.0 Å². The molecule has 1 aliphatic carbocycles. The fraction of sp³-hybridized carbons (Fsp3) is 0.308. The molecule has 1 fully saturated rings. The van der Waals surface area contributed by atoms with Crippen molar-refractivity contribution in [2.24, 2.45) is 5.92 Å².